The zero-order chi connectivity index (χ0) is 12.4. The first-order valence-corrected chi connectivity index (χ1v) is 7.01. The van der Waals surface area contributed by atoms with Crippen LogP contribution >= 0.6 is 11.3 Å². The van der Waals surface area contributed by atoms with E-state index in [4.69, 9.17) is 0 Å². The van der Waals surface area contributed by atoms with Gasteiger partial charge in [-0.15, -0.1) is 11.3 Å². The van der Waals surface area contributed by atoms with Crippen LogP contribution in [0.3, 0.4) is 0 Å². The van der Waals surface area contributed by atoms with Gasteiger partial charge in [0.25, 0.3) is 0 Å². The lowest BCUT2D eigenvalue weighted by molar-refractivity contribution is 0.701. The molecule has 2 nitrogen and oxygen atoms in total. The molecule has 0 atom stereocenters. The largest absolute Gasteiger partial charge is 0.361 e. The van der Waals surface area contributed by atoms with E-state index in [9.17, 15) is 0 Å². The molecule has 0 spiro atoms. The van der Waals surface area contributed by atoms with E-state index in [1.165, 1.54) is 26.9 Å². The second-order valence-corrected chi connectivity index (χ2v) is 5.49. The lowest BCUT2D eigenvalue weighted by Crippen LogP contribution is -2.12. The summed E-state index contributed by atoms with van der Waals surface area (Å²) >= 11 is 1.82. The first-order chi connectivity index (χ1) is 8.84. The van der Waals surface area contributed by atoms with Crippen LogP contribution in [0.4, 0.5) is 0 Å². The molecule has 0 saturated carbocycles. The van der Waals surface area contributed by atoms with Gasteiger partial charge < -0.3 is 10.3 Å². The predicted octanol–water partition coefficient (Wildman–Crippen LogP) is 3.83. The number of H-pyrrole nitrogens is 1. The molecule has 0 bridgehead atoms. The summed E-state index contributed by atoms with van der Waals surface area (Å²) in [6, 6.07) is 10.7. The van der Waals surface area contributed by atoms with Gasteiger partial charge in [-0.2, -0.15) is 0 Å². The molecule has 2 aromatic heterocycles. The first-order valence-electron chi connectivity index (χ1n) is 6.13. The molecule has 0 aliphatic rings. The van der Waals surface area contributed by atoms with E-state index in [2.05, 4.69) is 52.9 Å². The molecule has 2 N–H and O–H groups in total. The van der Waals surface area contributed by atoms with Gasteiger partial charge in [-0.3, -0.25) is 0 Å². The minimum absolute atomic E-state index is 0.898. The molecule has 3 aromatic rings. The molecule has 92 valence electrons. The Hall–Kier alpha value is -1.58. The zero-order valence-electron chi connectivity index (χ0n) is 10.4. The Morgan fingerprint density at radius 3 is 2.94 bits per heavy atom. The van der Waals surface area contributed by atoms with Crippen LogP contribution in [0.25, 0.3) is 10.9 Å². The molecule has 0 aliphatic heterocycles. The number of nitrogens with one attached hydrogen (secondary N) is 2. The third kappa shape index (κ3) is 2.19. The maximum absolute atomic E-state index is 3.52. The van der Waals surface area contributed by atoms with Crippen molar-refractivity contribution >= 4 is 22.2 Å². The number of hydrogen-bond acceptors (Lipinski definition) is 2. The Morgan fingerprint density at radius 1 is 1.17 bits per heavy atom. The van der Waals surface area contributed by atoms with E-state index in [1.54, 1.807) is 0 Å². The average Bonchev–Trinajstić information content (AvgIpc) is 2.99. The molecule has 1 aromatic carbocycles. The molecular weight excluding hydrogens is 240 g/mol. The van der Waals surface area contributed by atoms with Crippen LogP contribution in [-0.4, -0.2) is 4.98 Å². The van der Waals surface area contributed by atoms with Crippen LogP contribution in [0.1, 0.15) is 16.0 Å². The van der Waals surface area contributed by atoms with Crippen LogP contribution in [0, 0.1) is 6.92 Å². The van der Waals surface area contributed by atoms with Crippen LogP contribution in [-0.2, 0) is 13.1 Å². The van der Waals surface area contributed by atoms with Crippen molar-refractivity contribution in [2.45, 2.75) is 20.0 Å². The van der Waals surface area contributed by atoms with Gasteiger partial charge in [0.1, 0.15) is 0 Å². The quantitative estimate of drug-likeness (QED) is 0.729. The number of thiophene rings is 1. The number of fused-ring (bicyclic) bond motifs is 1. The fourth-order valence-electron chi connectivity index (χ4n) is 2.19. The highest BCUT2D eigenvalue weighted by Gasteiger charge is 2.02. The van der Waals surface area contributed by atoms with Gasteiger partial charge in [-0.25, -0.2) is 0 Å². The third-order valence-electron chi connectivity index (χ3n) is 3.24. The minimum Gasteiger partial charge on any atom is -0.361 e. The monoisotopic (exact) mass is 256 g/mol. The van der Waals surface area contributed by atoms with Gasteiger partial charge in [0, 0.05) is 29.7 Å². The Bertz CT molecular complexity index is 651. The minimum atomic E-state index is 0.898. The van der Waals surface area contributed by atoms with Crippen LogP contribution < -0.4 is 5.32 Å². The van der Waals surface area contributed by atoms with Crippen molar-refractivity contribution < 1.29 is 0 Å². The summed E-state index contributed by atoms with van der Waals surface area (Å²) in [5, 5.41) is 6.95. The number of benzene rings is 1. The lowest BCUT2D eigenvalue weighted by Gasteiger charge is -2.06. The summed E-state index contributed by atoms with van der Waals surface area (Å²) < 4.78 is 0. The molecule has 0 unspecified atom stereocenters. The Kier molecular flexibility index (Phi) is 3.17. The molecule has 3 rings (SSSR count). The molecule has 0 aliphatic carbocycles. The molecule has 18 heavy (non-hydrogen) atoms. The molecule has 0 fully saturated rings. The Balaban J connectivity index is 1.70. The summed E-state index contributed by atoms with van der Waals surface area (Å²) in [5.41, 5.74) is 3.95. The van der Waals surface area contributed by atoms with Crippen LogP contribution in [0.2, 0.25) is 0 Å². The number of rotatable bonds is 4. The molecule has 2 heterocycles. The highest BCUT2D eigenvalue weighted by atomic mass is 32.1. The van der Waals surface area contributed by atoms with Crippen molar-refractivity contribution in [3.8, 4) is 0 Å². The van der Waals surface area contributed by atoms with Gasteiger partial charge in [0.2, 0.25) is 0 Å². The number of aryl methyl sites for hydroxylation is 1. The summed E-state index contributed by atoms with van der Waals surface area (Å²) in [7, 11) is 0. The van der Waals surface area contributed by atoms with Crippen molar-refractivity contribution in [3.63, 3.8) is 0 Å². The van der Waals surface area contributed by atoms with E-state index in [0.29, 0.717) is 0 Å². The Morgan fingerprint density at radius 2 is 2.11 bits per heavy atom. The topological polar surface area (TPSA) is 27.8 Å². The lowest BCUT2D eigenvalue weighted by atomic mass is 10.1. The fourth-order valence-corrected chi connectivity index (χ4v) is 3.07. The average molecular weight is 256 g/mol. The first kappa shape index (κ1) is 11.5. The predicted molar refractivity (Wildman–Crippen MR) is 77.9 cm³/mol. The van der Waals surface area contributed by atoms with Gasteiger partial charge in [-0.1, -0.05) is 18.2 Å². The van der Waals surface area contributed by atoms with Gasteiger partial charge in [0.05, 0.1) is 0 Å². The molecule has 0 amide bonds. The van der Waals surface area contributed by atoms with E-state index in [0.717, 1.165) is 13.1 Å². The van der Waals surface area contributed by atoms with Gasteiger partial charge >= 0.3 is 0 Å². The standard InChI is InChI=1S/C15H16N2S/c1-11-6-8-18-14(11)10-16-9-13-4-2-3-12-5-7-17-15(12)13/h2-8,16-17H,9-10H2,1H3. The summed E-state index contributed by atoms with van der Waals surface area (Å²) in [6.45, 7) is 4.01. The fraction of sp³-hybridized carbons (Fsp3) is 0.200. The van der Waals surface area contributed by atoms with Gasteiger partial charge in [0.15, 0.2) is 0 Å². The summed E-state index contributed by atoms with van der Waals surface area (Å²) in [4.78, 5) is 4.73. The van der Waals surface area contributed by atoms with E-state index >= 15 is 0 Å². The SMILES string of the molecule is Cc1ccsc1CNCc1cccc2cc[nH]c12. The molecule has 3 heteroatoms. The van der Waals surface area contributed by atoms with E-state index in [-0.39, 0.29) is 0 Å². The normalized spacial score (nSPS) is 11.2. The van der Waals surface area contributed by atoms with Crippen molar-refractivity contribution in [3.05, 3.63) is 57.9 Å². The number of aromatic nitrogens is 1. The zero-order valence-corrected chi connectivity index (χ0v) is 11.2. The number of hydrogen-bond donors (Lipinski definition) is 2. The van der Waals surface area contributed by atoms with E-state index < -0.39 is 0 Å². The van der Waals surface area contributed by atoms with Crippen molar-refractivity contribution in [1.82, 2.24) is 10.3 Å². The molecule has 0 saturated heterocycles. The van der Waals surface area contributed by atoms with Gasteiger partial charge in [-0.05, 0) is 40.9 Å². The van der Waals surface area contributed by atoms with Crippen molar-refractivity contribution in [2.75, 3.05) is 0 Å². The summed E-state index contributed by atoms with van der Waals surface area (Å²) in [6.07, 6.45) is 2.00. The van der Waals surface area contributed by atoms with Crippen LogP contribution in [0.15, 0.2) is 41.9 Å². The number of aromatic amines is 1. The van der Waals surface area contributed by atoms with Crippen molar-refractivity contribution in [1.29, 1.82) is 0 Å². The van der Waals surface area contributed by atoms with Crippen LogP contribution in [0.5, 0.6) is 0 Å². The maximum atomic E-state index is 3.52. The highest BCUT2D eigenvalue weighted by molar-refractivity contribution is 7.10. The smallest absolute Gasteiger partial charge is 0.0499 e. The van der Waals surface area contributed by atoms with Crippen molar-refractivity contribution in [2.24, 2.45) is 0 Å². The maximum Gasteiger partial charge on any atom is 0.0499 e. The number of para-hydroxylation sites is 1. The molecule has 0 radical (unpaired) electrons. The molecular formula is C15H16N2S. The summed E-state index contributed by atoms with van der Waals surface area (Å²) in [5.74, 6) is 0. The third-order valence-corrected chi connectivity index (χ3v) is 4.27. The second-order valence-electron chi connectivity index (χ2n) is 4.49. The van der Waals surface area contributed by atoms with E-state index in [1.807, 2.05) is 17.5 Å². The second kappa shape index (κ2) is 4.96. The highest BCUT2D eigenvalue weighted by Crippen LogP contribution is 2.18. The Labute approximate surface area is 111 Å².